The summed E-state index contributed by atoms with van der Waals surface area (Å²) in [6, 6.07) is 6.54. The molecule has 0 unspecified atom stereocenters. The average molecular weight is 350 g/mol. The van der Waals surface area contributed by atoms with Crippen LogP contribution in [0.4, 0.5) is 17.1 Å². The molecule has 0 radical (unpaired) electrons. The first-order chi connectivity index (χ1) is 11.8. The summed E-state index contributed by atoms with van der Waals surface area (Å²) in [7, 11) is 0. The highest BCUT2D eigenvalue weighted by atomic mass is 32.1. The molecule has 0 saturated carbocycles. The zero-order chi connectivity index (χ0) is 16.8. The zero-order valence-corrected chi connectivity index (χ0v) is 15.0. The van der Waals surface area contributed by atoms with Gasteiger partial charge < -0.3 is 29.9 Å². The summed E-state index contributed by atoms with van der Waals surface area (Å²) in [5.41, 5.74) is 3.46. The molecule has 132 valence electrons. The number of hydrogen-bond donors (Lipinski definition) is 2. The van der Waals surface area contributed by atoms with E-state index in [4.69, 9.17) is 21.7 Å². The van der Waals surface area contributed by atoms with E-state index < -0.39 is 0 Å². The topological polar surface area (TPSA) is 49.0 Å². The number of ether oxygens (including phenoxy) is 2. The number of nitrogens with one attached hydrogen (secondary N) is 2. The third-order valence-corrected chi connectivity index (χ3v) is 4.54. The monoisotopic (exact) mass is 350 g/mol. The second-order valence-electron chi connectivity index (χ2n) is 5.88. The maximum Gasteiger partial charge on any atom is 0.170 e. The molecular formula is C17H26N4O2S. The number of rotatable bonds is 4. The van der Waals surface area contributed by atoms with Crippen LogP contribution in [0, 0.1) is 0 Å². The highest BCUT2D eigenvalue weighted by molar-refractivity contribution is 7.80. The van der Waals surface area contributed by atoms with Crippen molar-refractivity contribution < 1.29 is 9.47 Å². The third-order valence-electron chi connectivity index (χ3n) is 4.29. The highest BCUT2D eigenvalue weighted by Gasteiger charge is 2.18. The minimum Gasteiger partial charge on any atom is -0.378 e. The Balaban J connectivity index is 1.84. The van der Waals surface area contributed by atoms with Crippen LogP contribution in [-0.4, -0.2) is 64.3 Å². The molecule has 2 aliphatic heterocycles. The molecule has 2 saturated heterocycles. The number of morpholine rings is 2. The van der Waals surface area contributed by atoms with Crippen LogP contribution in [0.1, 0.15) is 6.92 Å². The zero-order valence-electron chi connectivity index (χ0n) is 14.2. The van der Waals surface area contributed by atoms with Gasteiger partial charge in [0.25, 0.3) is 0 Å². The van der Waals surface area contributed by atoms with E-state index in [-0.39, 0.29) is 0 Å². The van der Waals surface area contributed by atoms with Gasteiger partial charge in [0.2, 0.25) is 0 Å². The van der Waals surface area contributed by atoms with Crippen LogP contribution < -0.4 is 20.4 Å². The van der Waals surface area contributed by atoms with Gasteiger partial charge in [0.1, 0.15) is 0 Å². The molecule has 1 aromatic carbocycles. The van der Waals surface area contributed by atoms with E-state index in [1.807, 2.05) is 6.92 Å². The van der Waals surface area contributed by atoms with Crippen LogP contribution in [0.15, 0.2) is 18.2 Å². The average Bonchev–Trinajstić information content (AvgIpc) is 2.64. The van der Waals surface area contributed by atoms with Gasteiger partial charge in [0, 0.05) is 38.4 Å². The summed E-state index contributed by atoms with van der Waals surface area (Å²) in [6.07, 6.45) is 0. The van der Waals surface area contributed by atoms with Crippen LogP contribution in [0.25, 0.3) is 0 Å². The fourth-order valence-electron chi connectivity index (χ4n) is 3.04. The lowest BCUT2D eigenvalue weighted by Gasteiger charge is -2.33. The van der Waals surface area contributed by atoms with E-state index in [0.29, 0.717) is 5.11 Å². The first-order valence-electron chi connectivity index (χ1n) is 8.62. The smallest absolute Gasteiger partial charge is 0.170 e. The quantitative estimate of drug-likeness (QED) is 0.801. The summed E-state index contributed by atoms with van der Waals surface area (Å²) in [5.74, 6) is 0. The molecule has 3 rings (SSSR count). The Kier molecular flexibility index (Phi) is 6.12. The second kappa shape index (κ2) is 8.50. The fraction of sp³-hybridized carbons (Fsp3) is 0.588. The Morgan fingerprint density at radius 1 is 1.04 bits per heavy atom. The van der Waals surface area contributed by atoms with Crippen molar-refractivity contribution in [2.75, 3.05) is 74.3 Å². The SMILES string of the molecule is CCNC(=S)Nc1ccc(N2CCOCC2)cc1N1CCOCC1. The molecule has 0 spiro atoms. The molecule has 2 heterocycles. The van der Waals surface area contributed by atoms with Crippen LogP contribution in [0.3, 0.4) is 0 Å². The predicted octanol–water partition coefficient (Wildman–Crippen LogP) is 1.67. The Hall–Kier alpha value is -1.57. The van der Waals surface area contributed by atoms with Gasteiger partial charge >= 0.3 is 0 Å². The molecule has 24 heavy (non-hydrogen) atoms. The Morgan fingerprint density at radius 2 is 1.67 bits per heavy atom. The van der Waals surface area contributed by atoms with Gasteiger partial charge in [-0.05, 0) is 37.3 Å². The van der Waals surface area contributed by atoms with Gasteiger partial charge in [-0.3, -0.25) is 0 Å². The number of benzene rings is 1. The number of anilines is 3. The number of thiocarbonyl (C=S) groups is 1. The second-order valence-corrected chi connectivity index (χ2v) is 6.29. The summed E-state index contributed by atoms with van der Waals surface area (Å²) in [5, 5.41) is 7.14. The number of hydrogen-bond acceptors (Lipinski definition) is 5. The molecule has 2 N–H and O–H groups in total. The minimum atomic E-state index is 0.658. The van der Waals surface area contributed by atoms with Gasteiger partial charge in [-0.25, -0.2) is 0 Å². The van der Waals surface area contributed by atoms with E-state index in [2.05, 4.69) is 38.6 Å². The molecule has 0 atom stereocenters. The van der Waals surface area contributed by atoms with Crippen molar-refractivity contribution in [3.05, 3.63) is 18.2 Å². The van der Waals surface area contributed by atoms with E-state index in [0.717, 1.165) is 64.8 Å². The van der Waals surface area contributed by atoms with Gasteiger partial charge in [0.15, 0.2) is 5.11 Å². The van der Waals surface area contributed by atoms with E-state index >= 15 is 0 Å². The molecule has 7 heteroatoms. The van der Waals surface area contributed by atoms with Crippen LogP contribution in [0.2, 0.25) is 0 Å². The predicted molar refractivity (Wildman–Crippen MR) is 102 cm³/mol. The van der Waals surface area contributed by atoms with Crippen LogP contribution >= 0.6 is 12.2 Å². The minimum absolute atomic E-state index is 0.658. The maximum atomic E-state index is 5.50. The van der Waals surface area contributed by atoms with Crippen LogP contribution in [-0.2, 0) is 9.47 Å². The molecule has 0 aromatic heterocycles. The summed E-state index contributed by atoms with van der Waals surface area (Å²) in [6.45, 7) is 9.62. The molecule has 0 aliphatic carbocycles. The molecule has 2 aliphatic rings. The normalized spacial score (nSPS) is 18.4. The molecule has 0 bridgehead atoms. The Morgan fingerprint density at radius 3 is 2.29 bits per heavy atom. The third kappa shape index (κ3) is 4.28. The standard InChI is InChI=1S/C17H26N4O2S/c1-2-18-17(24)19-15-4-3-14(20-5-9-22-10-6-20)13-16(15)21-7-11-23-12-8-21/h3-4,13H,2,5-12H2,1H3,(H2,18,19,24). The van der Waals surface area contributed by atoms with E-state index in [1.54, 1.807) is 0 Å². The van der Waals surface area contributed by atoms with E-state index in [1.165, 1.54) is 11.4 Å². The summed E-state index contributed by atoms with van der Waals surface area (Å²) in [4.78, 5) is 4.74. The lowest BCUT2D eigenvalue weighted by molar-refractivity contribution is 0.122. The van der Waals surface area contributed by atoms with Crippen molar-refractivity contribution in [2.24, 2.45) is 0 Å². The van der Waals surface area contributed by atoms with Gasteiger partial charge in [-0.15, -0.1) is 0 Å². The maximum absolute atomic E-state index is 5.50. The first kappa shape index (κ1) is 17.3. The van der Waals surface area contributed by atoms with Crippen molar-refractivity contribution in [3.8, 4) is 0 Å². The lowest BCUT2D eigenvalue weighted by atomic mass is 10.2. The van der Waals surface area contributed by atoms with Crippen molar-refractivity contribution in [1.29, 1.82) is 0 Å². The number of nitrogens with zero attached hydrogens (tertiary/aromatic N) is 2. The van der Waals surface area contributed by atoms with Crippen molar-refractivity contribution in [1.82, 2.24) is 5.32 Å². The van der Waals surface area contributed by atoms with Crippen LogP contribution in [0.5, 0.6) is 0 Å². The van der Waals surface area contributed by atoms with E-state index in [9.17, 15) is 0 Å². The van der Waals surface area contributed by atoms with Gasteiger partial charge in [0.05, 0.1) is 37.8 Å². The van der Waals surface area contributed by atoms with Crippen molar-refractivity contribution >= 4 is 34.4 Å². The molecule has 2 fully saturated rings. The Bertz CT molecular complexity index is 558. The summed E-state index contributed by atoms with van der Waals surface area (Å²) >= 11 is 5.36. The van der Waals surface area contributed by atoms with Crippen molar-refractivity contribution in [2.45, 2.75) is 6.92 Å². The summed E-state index contributed by atoms with van der Waals surface area (Å²) < 4.78 is 11.0. The molecule has 6 nitrogen and oxygen atoms in total. The highest BCUT2D eigenvalue weighted by Crippen LogP contribution is 2.32. The van der Waals surface area contributed by atoms with Gasteiger partial charge in [-0.2, -0.15) is 0 Å². The fourth-order valence-corrected chi connectivity index (χ4v) is 3.29. The molecule has 0 amide bonds. The first-order valence-corrected chi connectivity index (χ1v) is 9.03. The lowest BCUT2D eigenvalue weighted by Crippen LogP contribution is -2.38. The largest absolute Gasteiger partial charge is 0.378 e. The van der Waals surface area contributed by atoms with Crippen molar-refractivity contribution in [3.63, 3.8) is 0 Å². The Labute approximate surface area is 149 Å². The molecule has 1 aromatic rings. The van der Waals surface area contributed by atoms with Gasteiger partial charge in [-0.1, -0.05) is 0 Å². The molecular weight excluding hydrogens is 324 g/mol.